The fourth-order valence-electron chi connectivity index (χ4n) is 2.66. The molecule has 136 valence electrons. The molecule has 27 heavy (non-hydrogen) atoms. The molecule has 0 saturated heterocycles. The van der Waals surface area contributed by atoms with E-state index in [1.807, 2.05) is 0 Å². The Hall–Kier alpha value is -3.81. The molecule has 0 aliphatic heterocycles. The van der Waals surface area contributed by atoms with Gasteiger partial charge in [0, 0.05) is 19.2 Å². The number of fused-ring (bicyclic) bond motifs is 1. The molecule has 8 nitrogen and oxygen atoms in total. The molecule has 0 saturated carbocycles. The second-order valence-electron chi connectivity index (χ2n) is 5.64. The summed E-state index contributed by atoms with van der Waals surface area (Å²) in [7, 11) is 0. The lowest BCUT2D eigenvalue weighted by molar-refractivity contribution is -0.131. The van der Waals surface area contributed by atoms with Gasteiger partial charge in [0.1, 0.15) is 5.75 Å². The Bertz CT molecular complexity index is 1100. The zero-order chi connectivity index (χ0) is 19.6. The maximum atomic E-state index is 12.4. The van der Waals surface area contributed by atoms with Gasteiger partial charge >= 0.3 is 5.97 Å². The molecule has 1 heterocycles. The van der Waals surface area contributed by atoms with Crippen molar-refractivity contribution in [2.24, 2.45) is 10.2 Å². The van der Waals surface area contributed by atoms with Crippen molar-refractivity contribution in [3.8, 4) is 11.6 Å². The fourth-order valence-corrected chi connectivity index (χ4v) is 2.66. The van der Waals surface area contributed by atoms with Crippen molar-refractivity contribution in [2.75, 3.05) is 0 Å². The highest BCUT2D eigenvalue weighted by Gasteiger charge is 2.20. The fraction of sp³-hybridized carbons (Fsp3) is 0.105. The largest absolute Gasteiger partial charge is 0.493 e. The van der Waals surface area contributed by atoms with Gasteiger partial charge in [0.2, 0.25) is 11.8 Å². The molecule has 0 spiro atoms. The van der Waals surface area contributed by atoms with Crippen LogP contribution in [-0.2, 0) is 4.79 Å². The van der Waals surface area contributed by atoms with Crippen LogP contribution in [0.5, 0.6) is 11.6 Å². The van der Waals surface area contributed by atoms with E-state index >= 15 is 0 Å². The quantitative estimate of drug-likeness (QED) is 0.430. The Morgan fingerprint density at radius 3 is 2.37 bits per heavy atom. The number of hydrogen-bond donors (Lipinski definition) is 1. The molecule has 1 amide bonds. The molecule has 1 aromatic heterocycles. The zero-order valence-electron chi connectivity index (χ0n) is 14.5. The van der Waals surface area contributed by atoms with Gasteiger partial charge in [0.25, 0.3) is 5.91 Å². The Balaban J connectivity index is 2.03. The van der Waals surface area contributed by atoms with Crippen LogP contribution in [0.2, 0.25) is 0 Å². The van der Waals surface area contributed by atoms with Crippen molar-refractivity contribution < 1.29 is 24.2 Å². The van der Waals surface area contributed by atoms with Crippen molar-refractivity contribution >= 4 is 34.4 Å². The van der Waals surface area contributed by atoms with Crippen LogP contribution in [-0.4, -0.2) is 27.5 Å². The van der Waals surface area contributed by atoms with Crippen LogP contribution >= 0.6 is 0 Å². The molecule has 0 unspecified atom stereocenters. The summed E-state index contributed by atoms with van der Waals surface area (Å²) >= 11 is 0. The average Bonchev–Trinajstić information content (AvgIpc) is 2.91. The summed E-state index contributed by atoms with van der Waals surface area (Å²) in [5, 5.41) is 18.3. The molecule has 0 fully saturated rings. The van der Waals surface area contributed by atoms with E-state index < -0.39 is 23.7 Å². The first-order chi connectivity index (χ1) is 12.9. The zero-order valence-corrected chi connectivity index (χ0v) is 14.5. The third kappa shape index (κ3) is 3.45. The SMILES string of the molecule is CC(=O)Oc1ccccc1C(=O)N=Nc1c(O)n(C(C)=O)c2ccccc12. The Labute approximate surface area is 153 Å². The van der Waals surface area contributed by atoms with Crippen LogP contribution in [0.1, 0.15) is 29.0 Å². The van der Waals surface area contributed by atoms with Gasteiger partial charge in [-0.1, -0.05) is 30.3 Å². The first-order valence-corrected chi connectivity index (χ1v) is 7.97. The van der Waals surface area contributed by atoms with E-state index in [9.17, 15) is 19.5 Å². The van der Waals surface area contributed by atoms with Crippen LogP contribution in [0.25, 0.3) is 10.9 Å². The minimum absolute atomic E-state index is 0.000817. The number of azo groups is 1. The predicted molar refractivity (Wildman–Crippen MR) is 96.5 cm³/mol. The van der Waals surface area contributed by atoms with Gasteiger partial charge in [-0.3, -0.25) is 14.4 Å². The van der Waals surface area contributed by atoms with Crippen molar-refractivity contribution in [1.29, 1.82) is 0 Å². The number of benzene rings is 2. The smallest absolute Gasteiger partial charge is 0.308 e. The number of esters is 1. The van der Waals surface area contributed by atoms with E-state index in [2.05, 4.69) is 10.2 Å². The summed E-state index contributed by atoms with van der Waals surface area (Å²) in [5.74, 6) is -2.09. The lowest BCUT2D eigenvalue weighted by Gasteiger charge is -2.04. The molecule has 0 bridgehead atoms. The molecule has 8 heteroatoms. The predicted octanol–water partition coefficient (Wildman–Crippen LogP) is 3.86. The van der Waals surface area contributed by atoms with Crippen molar-refractivity contribution in [3.05, 3.63) is 54.1 Å². The van der Waals surface area contributed by atoms with Gasteiger partial charge in [0.05, 0.1) is 11.1 Å². The number of aromatic hydroxyl groups is 1. The Morgan fingerprint density at radius 2 is 1.67 bits per heavy atom. The molecule has 0 radical (unpaired) electrons. The van der Waals surface area contributed by atoms with Crippen molar-refractivity contribution in [1.82, 2.24) is 4.57 Å². The van der Waals surface area contributed by atoms with Gasteiger partial charge in [-0.25, -0.2) is 4.57 Å². The van der Waals surface area contributed by atoms with Gasteiger partial charge in [-0.2, -0.15) is 0 Å². The highest BCUT2D eigenvalue weighted by atomic mass is 16.5. The first kappa shape index (κ1) is 18.0. The number of para-hydroxylation sites is 2. The Kier molecular flexibility index (Phi) is 4.80. The van der Waals surface area contributed by atoms with Gasteiger partial charge in [-0.05, 0) is 18.2 Å². The lowest BCUT2D eigenvalue weighted by atomic mass is 10.2. The van der Waals surface area contributed by atoms with E-state index in [1.54, 1.807) is 36.4 Å². The van der Waals surface area contributed by atoms with Crippen molar-refractivity contribution in [3.63, 3.8) is 0 Å². The summed E-state index contributed by atoms with van der Waals surface area (Å²) in [6.45, 7) is 2.52. The molecule has 1 N–H and O–H groups in total. The topological polar surface area (TPSA) is 110 Å². The van der Waals surface area contributed by atoms with Crippen LogP contribution in [0, 0.1) is 0 Å². The van der Waals surface area contributed by atoms with E-state index in [4.69, 9.17) is 4.74 Å². The third-order valence-corrected chi connectivity index (χ3v) is 3.75. The van der Waals surface area contributed by atoms with Gasteiger partial charge in [0.15, 0.2) is 5.69 Å². The summed E-state index contributed by atoms with van der Waals surface area (Å²) < 4.78 is 6.07. The summed E-state index contributed by atoms with van der Waals surface area (Å²) in [5.41, 5.74) is 0.495. The molecule has 0 aliphatic rings. The van der Waals surface area contributed by atoms with E-state index in [1.165, 1.54) is 26.0 Å². The van der Waals surface area contributed by atoms with Crippen LogP contribution in [0.3, 0.4) is 0 Å². The molecular weight excluding hydrogens is 350 g/mol. The summed E-state index contributed by atoms with van der Waals surface area (Å²) in [6, 6.07) is 12.8. The number of nitrogens with zero attached hydrogens (tertiary/aromatic N) is 3. The minimum atomic E-state index is -0.758. The highest BCUT2D eigenvalue weighted by Crippen LogP contribution is 2.38. The van der Waals surface area contributed by atoms with Crippen LogP contribution in [0.15, 0.2) is 58.8 Å². The number of rotatable bonds is 3. The minimum Gasteiger partial charge on any atom is -0.493 e. The average molecular weight is 365 g/mol. The number of carbonyl (C=O) groups is 3. The summed E-state index contributed by atoms with van der Waals surface area (Å²) in [4.78, 5) is 35.4. The lowest BCUT2D eigenvalue weighted by Crippen LogP contribution is -2.06. The second kappa shape index (κ2) is 7.20. The van der Waals surface area contributed by atoms with E-state index in [0.29, 0.717) is 10.9 Å². The van der Waals surface area contributed by atoms with Crippen LogP contribution < -0.4 is 4.74 Å². The molecule has 0 aliphatic carbocycles. The summed E-state index contributed by atoms with van der Waals surface area (Å²) in [6.07, 6.45) is 0. The second-order valence-corrected chi connectivity index (χ2v) is 5.64. The van der Waals surface area contributed by atoms with E-state index in [-0.39, 0.29) is 17.0 Å². The molecular formula is C19H15N3O5. The van der Waals surface area contributed by atoms with Crippen LogP contribution in [0.4, 0.5) is 5.69 Å². The van der Waals surface area contributed by atoms with Gasteiger partial charge in [-0.15, -0.1) is 10.2 Å². The maximum absolute atomic E-state index is 12.4. The highest BCUT2D eigenvalue weighted by molar-refractivity contribution is 6.03. The number of carbonyl (C=O) groups excluding carboxylic acids is 3. The number of amides is 1. The third-order valence-electron chi connectivity index (χ3n) is 3.75. The maximum Gasteiger partial charge on any atom is 0.308 e. The molecule has 0 atom stereocenters. The number of hydrogen-bond acceptors (Lipinski definition) is 6. The van der Waals surface area contributed by atoms with Crippen molar-refractivity contribution in [2.45, 2.75) is 13.8 Å². The number of ether oxygens (including phenoxy) is 1. The normalized spacial score (nSPS) is 11.0. The molecule has 3 aromatic rings. The standard InChI is InChI=1S/C19H15N3O5/c1-11(23)22-15-9-5-3-7-13(15)17(19(22)26)20-21-18(25)14-8-4-6-10-16(14)27-12(2)24/h3-10,26H,1-2H3. The monoisotopic (exact) mass is 365 g/mol. The molecule has 3 rings (SSSR count). The van der Waals surface area contributed by atoms with Gasteiger partial charge < -0.3 is 9.84 Å². The number of aromatic nitrogens is 1. The Morgan fingerprint density at radius 1 is 1.00 bits per heavy atom. The van der Waals surface area contributed by atoms with E-state index in [0.717, 1.165) is 4.57 Å². The first-order valence-electron chi connectivity index (χ1n) is 7.97. The molecule has 2 aromatic carbocycles.